The minimum Gasteiger partial charge on any atom is -0.508 e. The van der Waals surface area contributed by atoms with Crippen LogP contribution < -0.4 is 5.73 Å². The van der Waals surface area contributed by atoms with Crippen LogP contribution >= 0.6 is 0 Å². The SMILES string of the molecule is CC(=O)c1cc(C(C)=O)c2c(c1O)C(O)=C1C(=O)[C@]3(O)C(O)=C(CN)C(=O)[C@@H](N(C)C)[C@@H]3C[C@@H]1C2. The number of nitrogens with zero attached hydrogens (tertiary/aromatic N) is 1. The highest BCUT2D eigenvalue weighted by atomic mass is 16.3. The van der Waals surface area contributed by atoms with Gasteiger partial charge in [-0.2, -0.15) is 0 Å². The molecule has 186 valence electrons. The van der Waals surface area contributed by atoms with Gasteiger partial charge in [-0.25, -0.2) is 0 Å². The highest BCUT2D eigenvalue weighted by Crippen LogP contribution is 2.53. The summed E-state index contributed by atoms with van der Waals surface area (Å²) >= 11 is 0. The van der Waals surface area contributed by atoms with E-state index in [1.54, 1.807) is 19.0 Å². The van der Waals surface area contributed by atoms with Crippen LogP contribution in [-0.4, -0.2) is 80.7 Å². The molecule has 0 spiro atoms. The summed E-state index contributed by atoms with van der Waals surface area (Å²) < 4.78 is 0. The summed E-state index contributed by atoms with van der Waals surface area (Å²) in [5.41, 5.74) is 2.62. The summed E-state index contributed by atoms with van der Waals surface area (Å²) in [6.45, 7) is 2.08. The van der Waals surface area contributed by atoms with Crippen LogP contribution in [0.4, 0.5) is 0 Å². The number of benzene rings is 1. The van der Waals surface area contributed by atoms with Crippen LogP contribution in [0.3, 0.4) is 0 Å². The van der Waals surface area contributed by atoms with Gasteiger partial charge in [-0.1, -0.05) is 0 Å². The average Bonchev–Trinajstić information content (AvgIpc) is 2.76. The van der Waals surface area contributed by atoms with Crippen LogP contribution in [0.15, 0.2) is 23.0 Å². The Morgan fingerprint density at radius 2 is 1.71 bits per heavy atom. The van der Waals surface area contributed by atoms with Crippen molar-refractivity contribution in [1.82, 2.24) is 4.90 Å². The van der Waals surface area contributed by atoms with Gasteiger partial charge in [-0.3, -0.25) is 24.1 Å². The number of aliphatic hydroxyl groups excluding tert-OH is 2. The molecule has 1 aromatic rings. The molecule has 10 nitrogen and oxygen atoms in total. The van der Waals surface area contributed by atoms with Crippen molar-refractivity contribution in [2.75, 3.05) is 20.6 Å². The van der Waals surface area contributed by atoms with E-state index in [-0.39, 0.29) is 46.2 Å². The zero-order valence-corrected chi connectivity index (χ0v) is 19.9. The number of likely N-dealkylation sites (N-methyl/N-ethyl adjacent to an activating group) is 1. The molecule has 6 N–H and O–H groups in total. The van der Waals surface area contributed by atoms with E-state index in [4.69, 9.17) is 5.73 Å². The summed E-state index contributed by atoms with van der Waals surface area (Å²) in [6.07, 6.45) is 0.0560. The van der Waals surface area contributed by atoms with E-state index < -0.39 is 70.4 Å². The lowest BCUT2D eigenvalue weighted by atomic mass is 9.57. The molecule has 1 aromatic carbocycles. The highest BCUT2D eigenvalue weighted by Gasteiger charge is 2.63. The van der Waals surface area contributed by atoms with E-state index in [0.29, 0.717) is 0 Å². The lowest BCUT2D eigenvalue weighted by molar-refractivity contribution is -0.153. The fraction of sp³-hybridized carbons (Fsp3) is 0.440. The van der Waals surface area contributed by atoms with Crippen molar-refractivity contribution in [2.24, 2.45) is 17.6 Å². The third-order valence-corrected chi connectivity index (χ3v) is 7.54. The van der Waals surface area contributed by atoms with Crippen molar-refractivity contribution >= 4 is 28.9 Å². The summed E-state index contributed by atoms with van der Waals surface area (Å²) in [4.78, 5) is 52.9. The molecule has 0 radical (unpaired) electrons. The van der Waals surface area contributed by atoms with Crippen molar-refractivity contribution in [3.8, 4) is 5.75 Å². The van der Waals surface area contributed by atoms with Crippen LogP contribution in [-0.2, 0) is 16.0 Å². The predicted molar refractivity (Wildman–Crippen MR) is 124 cm³/mol. The van der Waals surface area contributed by atoms with Crippen LogP contribution in [0.1, 0.15) is 52.1 Å². The normalized spacial score (nSPS) is 28.1. The topological polar surface area (TPSA) is 178 Å². The zero-order chi connectivity index (χ0) is 26.1. The summed E-state index contributed by atoms with van der Waals surface area (Å²) in [5, 5.41) is 44.5. The molecule has 0 aliphatic heterocycles. The molecule has 3 aliphatic rings. The van der Waals surface area contributed by atoms with Crippen LogP contribution in [0.25, 0.3) is 5.76 Å². The van der Waals surface area contributed by atoms with Crippen LogP contribution in [0.2, 0.25) is 0 Å². The van der Waals surface area contributed by atoms with Crippen molar-refractivity contribution in [3.05, 3.63) is 45.2 Å². The maximum absolute atomic E-state index is 13.8. The number of nitrogens with two attached hydrogens (primary N) is 1. The van der Waals surface area contributed by atoms with Gasteiger partial charge in [0.15, 0.2) is 23.0 Å². The minimum atomic E-state index is -2.52. The van der Waals surface area contributed by atoms with E-state index in [2.05, 4.69) is 0 Å². The van der Waals surface area contributed by atoms with Crippen LogP contribution in [0, 0.1) is 11.8 Å². The van der Waals surface area contributed by atoms with E-state index in [1.165, 1.54) is 19.9 Å². The lowest BCUT2D eigenvalue weighted by Gasteiger charge is -2.50. The van der Waals surface area contributed by atoms with Crippen LogP contribution in [0.5, 0.6) is 5.75 Å². The van der Waals surface area contributed by atoms with Crippen molar-refractivity contribution in [2.45, 2.75) is 38.3 Å². The second-order valence-electron chi connectivity index (χ2n) is 9.69. The molecule has 4 rings (SSSR count). The fourth-order valence-corrected chi connectivity index (χ4v) is 5.92. The molecule has 0 aromatic heterocycles. The molecule has 0 heterocycles. The summed E-state index contributed by atoms with van der Waals surface area (Å²) in [5.74, 6) is -6.31. The van der Waals surface area contributed by atoms with Gasteiger partial charge >= 0.3 is 0 Å². The number of carbonyl (C=O) groups excluding carboxylic acids is 4. The molecule has 1 saturated carbocycles. The Morgan fingerprint density at radius 1 is 1.11 bits per heavy atom. The van der Waals surface area contributed by atoms with Gasteiger partial charge in [0.1, 0.15) is 17.3 Å². The Labute approximate surface area is 201 Å². The first-order chi connectivity index (χ1) is 16.3. The minimum absolute atomic E-state index is 0.0180. The van der Waals surface area contributed by atoms with Gasteiger partial charge in [0.25, 0.3) is 0 Å². The van der Waals surface area contributed by atoms with E-state index in [9.17, 15) is 39.6 Å². The Kier molecular flexibility index (Phi) is 5.74. The first kappa shape index (κ1) is 24.8. The highest BCUT2D eigenvalue weighted by molar-refractivity contribution is 6.15. The number of carbonyl (C=O) groups is 4. The predicted octanol–water partition coefficient (Wildman–Crippen LogP) is 0.843. The Morgan fingerprint density at radius 3 is 2.23 bits per heavy atom. The zero-order valence-electron chi connectivity index (χ0n) is 19.9. The van der Waals surface area contributed by atoms with Crippen molar-refractivity contribution < 1.29 is 39.6 Å². The first-order valence-corrected chi connectivity index (χ1v) is 11.2. The molecule has 35 heavy (non-hydrogen) atoms. The van der Waals surface area contributed by atoms with Gasteiger partial charge in [0.05, 0.1) is 22.7 Å². The number of phenolic OH excluding ortho intramolecular Hbond substituents is 1. The average molecular weight is 485 g/mol. The van der Waals surface area contributed by atoms with Gasteiger partial charge in [0, 0.05) is 23.6 Å². The molecule has 0 amide bonds. The molecule has 0 unspecified atom stereocenters. The molecular weight excluding hydrogens is 456 g/mol. The second-order valence-corrected chi connectivity index (χ2v) is 9.69. The standard InChI is InChI=1S/C25H28N2O8/c1-9(28)12-7-13(10(2)29)20(30)18-14(12)5-11-6-16-19(27(3)4)21(31)15(8-26)23(33)25(16,35)24(34)17(11)22(18)32/h7,11,16,19,30,32-33,35H,5-6,8,26H2,1-4H3/t11-,16-,19-,25+/m0/s1. The van der Waals surface area contributed by atoms with Gasteiger partial charge in [-0.15, -0.1) is 0 Å². The number of hydrogen-bond acceptors (Lipinski definition) is 10. The Balaban J connectivity index is 2.02. The monoisotopic (exact) mass is 484 g/mol. The maximum atomic E-state index is 13.8. The second kappa shape index (κ2) is 8.11. The van der Waals surface area contributed by atoms with Crippen molar-refractivity contribution in [1.29, 1.82) is 0 Å². The molecule has 1 fully saturated rings. The third-order valence-electron chi connectivity index (χ3n) is 7.54. The van der Waals surface area contributed by atoms with Gasteiger partial charge in [0.2, 0.25) is 5.78 Å². The summed E-state index contributed by atoms with van der Waals surface area (Å²) in [6, 6.07) is 0.302. The van der Waals surface area contributed by atoms with E-state index >= 15 is 0 Å². The molecular formula is C25H28N2O8. The number of fused-ring (bicyclic) bond motifs is 3. The molecule has 0 bridgehead atoms. The first-order valence-electron chi connectivity index (χ1n) is 11.2. The van der Waals surface area contributed by atoms with E-state index in [1.807, 2.05) is 0 Å². The number of ketones is 4. The number of phenols is 1. The number of hydrogen-bond donors (Lipinski definition) is 5. The third kappa shape index (κ3) is 3.20. The number of aliphatic hydroxyl groups is 3. The van der Waals surface area contributed by atoms with E-state index in [0.717, 1.165) is 0 Å². The molecule has 3 aliphatic carbocycles. The fourth-order valence-electron chi connectivity index (χ4n) is 5.92. The van der Waals surface area contributed by atoms with Gasteiger partial charge in [-0.05, 0) is 58.3 Å². The van der Waals surface area contributed by atoms with Crippen molar-refractivity contribution in [3.63, 3.8) is 0 Å². The molecule has 4 atom stereocenters. The summed E-state index contributed by atoms with van der Waals surface area (Å²) in [7, 11) is 3.22. The Hall–Kier alpha value is -3.34. The quantitative estimate of drug-likeness (QED) is 0.385. The molecule has 0 saturated heterocycles. The Bertz CT molecular complexity index is 1270. The number of aromatic hydroxyl groups is 1. The molecule has 10 heteroatoms. The lowest BCUT2D eigenvalue weighted by Crippen LogP contribution is -2.65. The number of Topliss-reactive ketones (excluding diaryl/α,β-unsaturated/α-hetero) is 4. The smallest absolute Gasteiger partial charge is 0.202 e. The number of rotatable bonds is 4. The van der Waals surface area contributed by atoms with Gasteiger partial charge < -0.3 is 26.2 Å². The maximum Gasteiger partial charge on any atom is 0.202 e. The largest absolute Gasteiger partial charge is 0.508 e.